The number of carbonyl (C=O) groups excluding carboxylic acids is 2. The van der Waals surface area contributed by atoms with Crippen LogP contribution in [0.25, 0.3) is 0 Å². The van der Waals surface area contributed by atoms with Crippen LogP contribution in [0.15, 0.2) is 18.2 Å². The lowest BCUT2D eigenvalue weighted by molar-refractivity contribution is -0.384. The number of likely N-dealkylation sites (N-methyl/N-ethyl adjacent to an activating group) is 1. The van der Waals surface area contributed by atoms with Gasteiger partial charge in [0.05, 0.1) is 17.0 Å². The van der Waals surface area contributed by atoms with E-state index in [2.05, 4.69) is 10.6 Å². The van der Waals surface area contributed by atoms with Gasteiger partial charge in [0.15, 0.2) is 0 Å². The van der Waals surface area contributed by atoms with Gasteiger partial charge in [-0.1, -0.05) is 0 Å². The fraction of sp³-hybridized carbons (Fsp3) is 0.429. The standard InChI is InChI=1S/C14H17F3N4O4/c1-20(2)13(23)8-19-12(22)5-6-18-10-4-3-9(14(15,16)17)7-11(10)21(24)25/h3-4,7,18H,5-6,8H2,1-2H3,(H,19,22). The highest BCUT2D eigenvalue weighted by molar-refractivity contribution is 5.84. The van der Waals surface area contributed by atoms with Crippen LogP contribution in [0.4, 0.5) is 24.5 Å². The average Bonchev–Trinajstić information content (AvgIpc) is 2.51. The first-order valence-corrected chi connectivity index (χ1v) is 7.08. The van der Waals surface area contributed by atoms with E-state index in [4.69, 9.17) is 0 Å². The number of rotatable bonds is 7. The summed E-state index contributed by atoms with van der Waals surface area (Å²) in [4.78, 5) is 34.1. The zero-order chi connectivity index (χ0) is 19.2. The number of benzene rings is 1. The Bertz CT molecular complexity index is 662. The molecular weight excluding hydrogens is 345 g/mol. The molecule has 0 aliphatic carbocycles. The zero-order valence-electron chi connectivity index (χ0n) is 13.5. The minimum absolute atomic E-state index is 0.0474. The topological polar surface area (TPSA) is 105 Å². The van der Waals surface area contributed by atoms with Crippen LogP contribution >= 0.6 is 0 Å². The summed E-state index contributed by atoms with van der Waals surface area (Å²) in [5, 5.41) is 15.8. The lowest BCUT2D eigenvalue weighted by Crippen LogP contribution is -2.36. The van der Waals surface area contributed by atoms with Crippen LogP contribution in [0.1, 0.15) is 12.0 Å². The first kappa shape index (κ1) is 20.2. The Labute approximate surface area is 141 Å². The highest BCUT2D eigenvalue weighted by Gasteiger charge is 2.33. The molecule has 1 aromatic carbocycles. The van der Waals surface area contributed by atoms with E-state index in [0.29, 0.717) is 12.1 Å². The smallest absolute Gasteiger partial charge is 0.379 e. The summed E-state index contributed by atoms with van der Waals surface area (Å²) in [6.45, 7) is -0.236. The third-order valence-electron chi connectivity index (χ3n) is 3.12. The molecule has 2 amide bonds. The van der Waals surface area contributed by atoms with Gasteiger partial charge >= 0.3 is 6.18 Å². The number of nitrogens with zero attached hydrogens (tertiary/aromatic N) is 2. The molecule has 0 heterocycles. The lowest BCUT2D eigenvalue weighted by Gasteiger charge is -2.12. The van der Waals surface area contributed by atoms with Gasteiger partial charge < -0.3 is 15.5 Å². The average molecular weight is 362 g/mol. The Balaban J connectivity index is 2.64. The van der Waals surface area contributed by atoms with Crippen molar-refractivity contribution in [2.45, 2.75) is 12.6 Å². The zero-order valence-corrected chi connectivity index (χ0v) is 13.5. The molecule has 0 fully saturated rings. The molecule has 1 aromatic rings. The van der Waals surface area contributed by atoms with E-state index in [9.17, 15) is 32.9 Å². The van der Waals surface area contributed by atoms with Crippen LogP contribution < -0.4 is 10.6 Å². The third kappa shape index (κ3) is 6.28. The first-order valence-electron chi connectivity index (χ1n) is 7.08. The maximum atomic E-state index is 12.6. The molecule has 2 N–H and O–H groups in total. The van der Waals surface area contributed by atoms with Crippen molar-refractivity contribution in [1.82, 2.24) is 10.2 Å². The maximum Gasteiger partial charge on any atom is 0.416 e. The second-order valence-corrected chi connectivity index (χ2v) is 5.23. The number of anilines is 1. The second kappa shape index (κ2) is 8.31. The van der Waals surface area contributed by atoms with Crippen molar-refractivity contribution in [2.24, 2.45) is 0 Å². The first-order chi connectivity index (χ1) is 11.5. The summed E-state index contributed by atoms with van der Waals surface area (Å²) in [5.41, 5.74) is -2.00. The molecule has 0 unspecified atom stereocenters. The number of amides is 2. The summed E-state index contributed by atoms with van der Waals surface area (Å²) in [6, 6.07) is 2.08. The Hall–Kier alpha value is -2.85. The Morgan fingerprint density at radius 1 is 1.28 bits per heavy atom. The van der Waals surface area contributed by atoms with Crippen LogP contribution in [0.5, 0.6) is 0 Å². The Morgan fingerprint density at radius 2 is 1.92 bits per heavy atom. The molecule has 0 aliphatic rings. The van der Waals surface area contributed by atoms with Gasteiger partial charge in [0, 0.05) is 33.1 Å². The normalized spacial score (nSPS) is 10.9. The van der Waals surface area contributed by atoms with Gasteiger partial charge in [-0.05, 0) is 12.1 Å². The molecule has 8 nitrogen and oxygen atoms in total. The number of carbonyl (C=O) groups is 2. The molecule has 0 spiro atoms. The molecule has 0 saturated heterocycles. The maximum absolute atomic E-state index is 12.6. The van der Waals surface area contributed by atoms with Gasteiger partial charge in [0.25, 0.3) is 5.69 Å². The van der Waals surface area contributed by atoms with Crippen molar-refractivity contribution in [1.29, 1.82) is 0 Å². The minimum atomic E-state index is -4.69. The molecule has 138 valence electrons. The van der Waals surface area contributed by atoms with E-state index in [-0.39, 0.29) is 31.1 Å². The van der Waals surface area contributed by atoms with Crippen LogP contribution in [-0.4, -0.2) is 48.8 Å². The quantitative estimate of drug-likeness (QED) is 0.567. The fourth-order valence-corrected chi connectivity index (χ4v) is 1.74. The molecule has 0 aliphatic heterocycles. The molecule has 0 saturated carbocycles. The van der Waals surface area contributed by atoms with Crippen molar-refractivity contribution in [3.05, 3.63) is 33.9 Å². The van der Waals surface area contributed by atoms with Gasteiger partial charge in [0.2, 0.25) is 11.8 Å². The van der Waals surface area contributed by atoms with Gasteiger partial charge in [-0.3, -0.25) is 19.7 Å². The number of hydrogen-bond acceptors (Lipinski definition) is 5. The number of nitrogens with one attached hydrogen (secondary N) is 2. The van der Waals surface area contributed by atoms with E-state index >= 15 is 0 Å². The van der Waals surface area contributed by atoms with E-state index < -0.39 is 28.3 Å². The molecule has 0 atom stereocenters. The lowest BCUT2D eigenvalue weighted by atomic mass is 10.1. The number of alkyl halides is 3. The fourth-order valence-electron chi connectivity index (χ4n) is 1.74. The van der Waals surface area contributed by atoms with Crippen molar-refractivity contribution < 1.29 is 27.7 Å². The molecule has 0 bridgehead atoms. The van der Waals surface area contributed by atoms with E-state index in [0.717, 1.165) is 6.07 Å². The van der Waals surface area contributed by atoms with Gasteiger partial charge in [-0.2, -0.15) is 13.2 Å². The number of halogens is 3. The third-order valence-corrected chi connectivity index (χ3v) is 3.12. The van der Waals surface area contributed by atoms with Crippen molar-refractivity contribution in [3.8, 4) is 0 Å². The number of hydrogen-bond donors (Lipinski definition) is 2. The molecule has 25 heavy (non-hydrogen) atoms. The van der Waals surface area contributed by atoms with E-state index in [1.807, 2.05) is 0 Å². The number of nitro benzene ring substituents is 1. The number of nitro groups is 1. The molecule has 11 heteroatoms. The monoisotopic (exact) mass is 362 g/mol. The van der Waals surface area contributed by atoms with Gasteiger partial charge in [0.1, 0.15) is 5.69 Å². The van der Waals surface area contributed by atoms with Crippen molar-refractivity contribution in [2.75, 3.05) is 32.5 Å². The highest BCUT2D eigenvalue weighted by Crippen LogP contribution is 2.34. The van der Waals surface area contributed by atoms with Gasteiger partial charge in [-0.25, -0.2) is 0 Å². The Kier molecular flexibility index (Phi) is 6.71. The van der Waals surface area contributed by atoms with Crippen LogP contribution in [0, 0.1) is 10.1 Å². The summed E-state index contributed by atoms with van der Waals surface area (Å²) < 4.78 is 37.8. The molecule has 1 rings (SSSR count). The summed E-state index contributed by atoms with van der Waals surface area (Å²) in [6.07, 6.45) is -4.80. The summed E-state index contributed by atoms with van der Waals surface area (Å²) in [7, 11) is 3.06. The van der Waals surface area contributed by atoms with E-state index in [1.54, 1.807) is 0 Å². The molecular formula is C14H17F3N4O4. The predicted octanol–water partition coefficient (Wildman–Crippen LogP) is 1.62. The predicted molar refractivity (Wildman–Crippen MR) is 82.9 cm³/mol. The van der Waals surface area contributed by atoms with Crippen LogP contribution in [0.2, 0.25) is 0 Å². The summed E-state index contributed by atoms with van der Waals surface area (Å²) >= 11 is 0. The van der Waals surface area contributed by atoms with Crippen LogP contribution in [0.3, 0.4) is 0 Å². The largest absolute Gasteiger partial charge is 0.416 e. The van der Waals surface area contributed by atoms with Crippen molar-refractivity contribution >= 4 is 23.2 Å². The molecule has 0 radical (unpaired) electrons. The Morgan fingerprint density at radius 3 is 2.44 bits per heavy atom. The molecule has 0 aromatic heterocycles. The van der Waals surface area contributed by atoms with Crippen LogP contribution in [-0.2, 0) is 15.8 Å². The second-order valence-electron chi connectivity index (χ2n) is 5.23. The summed E-state index contributed by atoms with van der Waals surface area (Å²) in [5.74, 6) is -0.781. The van der Waals surface area contributed by atoms with E-state index in [1.165, 1.54) is 19.0 Å². The highest BCUT2D eigenvalue weighted by atomic mass is 19.4. The minimum Gasteiger partial charge on any atom is -0.379 e. The van der Waals surface area contributed by atoms with Crippen molar-refractivity contribution in [3.63, 3.8) is 0 Å². The van der Waals surface area contributed by atoms with Gasteiger partial charge in [-0.15, -0.1) is 0 Å². The SMILES string of the molecule is CN(C)C(=O)CNC(=O)CCNc1ccc(C(F)(F)F)cc1[N+](=O)[O-].